The molecule has 2 aromatic heterocycles. The molecule has 354 valence electrons. The van der Waals surface area contributed by atoms with E-state index in [0.717, 1.165) is 55.6 Å². The van der Waals surface area contributed by atoms with Crippen molar-refractivity contribution in [2.45, 2.75) is 102 Å². The van der Waals surface area contributed by atoms with E-state index in [1.54, 1.807) is 36.1 Å². The zero-order chi connectivity index (χ0) is 47.2. The zero-order valence-electron chi connectivity index (χ0n) is 38.1. The van der Waals surface area contributed by atoms with Crippen molar-refractivity contribution in [1.29, 1.82) is 0 Å². The van der Waals surface area contributed by atoms with Crippen LogP contribution in [0.3, 0.4) is 0 Å². The third-order valence-corrected chi connectivity index (χ3v) is 15.1. The topological polar surface area (TPSA) is 165 Å². The Balaban J connectivity index is 0.761. The Morgan fingerprint density at radius 1 is 0.926 bits per heavy atom. The first-order valence-electron chi connectivity index (χ1n) is 23.6. The highest BCUT2D eigenvalue weighted by Crippen LogP contribution is 2.39. The number of hydrogen-bond donors (Lipinski definition) is 3. The van der Waals surface area contributed by atoms with Crippen LogP contribution in [-0.2, 0) is 38.7 Å². The molecule has 15 nitrogen and oxygen atoms in total. The number of carbonyl (C=O) groups excluding carboxylic acids is 5. The second kappa shape index (κ2) is 18.9. The van der Waals surface area contributed by atoms with Gasteiger partial charge in [0.05, 0.1) is 25.1 Å². The fourth-order valence-corrected chi connectivity index (χ4v) is 11.3. The van der Waals surface area contributed by atoms with E-state index in [0.29, 0.717) is 66.8 Å². The van der Waals surface area contributed by atoms with Gasteiger partial charge < -0.3 is 24.6 Å². The Labute approximate surface area is 396 Å². The number of anilines is 3. The van der Waals surface area contributed by atoms with Crippen LogP contribution in [0.1, 0.15) is 97.2 Å². The predicted octanol–water partition coefficient (Wildman–Crippen LogP) is 6.48. The molecule has 3 saturated heterocycles. The van der Waals surface area contributed by atoms with Crippen LogP contribution in [0.25, 0.3) is 11.1 Å². The number of imide groups is 1. The van der Waals surface area contributed by atoms with Gasteiger partial charge in [-0.3, -0.25) is 39.5 Å². The fraction of sp³-hybridized carbons (Fsp3) is 0.420. The average molecular weight is 945 g/mol. The number of rotatable bonds is 12. The van der Waals surface area contributed by atoms with E-state index in [9.17, 15) is 24.0 Å². The Bertz CT molecular complexity index is 2760. The highest BCUT2D eigenvalue weighted by molar-refractivity contribution is 7.13. The van der Waals surface area contributed by atoms with Crippen molar-refractivity contribution in [2.75, 3.05) is 48.3 Å². The van der Waals surface area contributed by atoms with E-state index in [4.69, 9.17) is 0 Å². The number of piperidine rings is 2. The van der Waals surface area contributed by atoms with E-state index < -0.39 is 35.6 Å². The molecular formula is C50H54F2N10O5S. The third-order valence-electron chi connectivity index (χ3n) is 14.4. The number of imidazole rings is 1. The molecule has 18 heteroatoms. The molecule has 5 amide bonds. The van der Waals surface area contributed by atoms with Crippen LogP contribution in [0, 0.1) is 11.6 Å². The maximum atomic E-state index is 16.1. The Kier molecular flexibility index (Phi) is 12.6. The molecule has 0 spiro atoms. The molecule has 4 atom stereocenters. The van der Waals surface area contributed by atoms with Crippen molar-refractivity contribution in [3.05, 3.63) is 112 Å². The number of aryl methyl sites for hydroxylation is 1. The number of benzene rings is 3. The Hall–Kier alpha value is -6.53. The molecule has 0 saturated carbocycles. The number of aromatic nitrogens is 3. The van der Waals surface area contributed by atoms with Crippen LogP contribution in [0.15, 0.2) is 72.5 Å². The number of thiazole rings is 1. The number of hydrogen-bond acceptors (Lipinski definition) is 11. The summed E-state index contributed by atoms with van der Waals surface area (Å²) >= 11 is 1.27. The zero-order valence-corrected chi connectivity index (χ0v) is 38.9. The SMILES string of the molecule is CC[C@@H]1CN(C(=O)CN2CCC(c3ccc(N[C@H]4CCC(=O)NC4=O)cc3F)CC2)[C@H](C)CN1c1ccc(-c2cc(F)c3c(c2)C(=O)N(C(C(=O)Nc2nccs2)c2ncn4c2CCC4)C3)cc1. The van der Waals surface area contributed by atoms with E-state index in [1.807, 2.05) is 33.7 Å². The minimum Gasteiger partial charge on any atom is -0.374 e. The van der Waals surface area contributed by atoms with Gasteiger partial charge >= 0.3 is 0 Å². The third kappa shape index (κ3) is 8.86. The summed E-state index contributed by atoms with van der Waals surface area (Å²) in [5.41, 5.74) is 5.27. The van der Waals surface area contributed by atoms with Crippen LogP contribution in [0.4, 0.5) is 25.3 Å². The molecule has 5 aliphatic heterocycles. The van der Waals surface area contributed by atoms with Crippen molar-refractivity contribution in [1.82, 2.24) is 34.6 Å². The average Bonchev–Trinajstić information content (AvgIpc) is 4.16. The molecule has 1 unspecified atom stereocenters. The number of nitrogens with zero attached hydrogens (tertiary/aromatic N) is 7. The van der Waals surface area contributed by atoms with Crippen molar-refractivity contribution in [3.8, 4) is 11.1 Å². The Morgan fingerprint density at radius 3 is 2.47 bits per heavy atom. The molecule has 0 bridgehead atoms. The van der Waals surface area contributed by atoms with Gasteiger partial charge in [0.2, 0.25) is 17.7 Å². The first-order valence-corrected chi connectivity index (χ1v) is 24.5. The minimum absolute atomic E-state index is 0.0139. The van der Waals surface area contributed by atoms with Crippen LogP contribution >= 0.6 is 11.3 Å². The summed E-state index contributed by atoms with van der Waals surface area (Å²) in [6.45, 7) is 7.73. The van der Waals surface area contributed by atoms with Gasteiger partial charge in [-0.05, 0) is 118 Å². The van der Waals surface area contributed by atoms with Gasteiger partial charge in [-0.2, -0.15) is 0 Å². The lowest BCUT2D eigenvalue weighted by Crippen LogP contribution is -2.60. The van der Waals surface area contributed by atoms with Gasteiger partial charge in [0.1, 0.15) is 17.7 Å². The van der Waals surface area contributed by atoms with Gasteiger partial charge in [-0.1, -0.05) is 25.1 Å². The van der Waals surface area contributed by atoms with E-state index in [-0.39, 0.29) is 59.7 Å². The van der Waals surface area contributed by atoms with Gasteiger partial charge in [-0.25, -0.2) is 18.7 Å². The fourth-order valence-electron chi connectivity index (χ4n) is 10.7. The Morgan fingerprint density at radius 2 is 1.74 bits per heavy atom. The lowest BCUT2D eigenvalue weighted by Gasteiger charge is -2.47. The van der Waals surface area contributed by atoms with Gasteiger partial charge in [0.25, 0.3) is 11.8 Å². The highest BCUT2D eigenvalue weighted by atomic mass is 32.1. The summed E-state index contributed by atoms with van der Waals surface area (Å²) in [5, 5.41) is 10.4. The predicted molar refractivity (Wildman–Crippen MR) is 253 cm³/mol. The van der Waals surface area contributed by atoms with Gasteiger partial charge in [0.15, 0.2) is 11.2 Å². The molecule has 3 fully saturated rings. The van der Waals surface area contributed by atoms with Crippen LogP contribution < -0.4 is 20.9 Å². The smallest absolute Gasteiger partial charge is 0.255 e. The molecule has 5 aromatic rings. The molecule has 5 aliphatic rings. The molecule has 7 heterocycles. The van der Waals surface area contributed by atoms with Crippen molar-refractivity contribution in [3.63, 3.8) is 0 Å². The number of nitrogens with one attached hydrogen (secondary N) is 3. The second-order valence-corrected chi connectivity index (χ2v) is 19.5. The number of halogens is 2. The second-order valence-electron chi connectivity index (χ2n) is 18.6. The van der Waals surface area contributed by atoms with Crippen molar-refractivity contribution < 1.29 is 32.8 Å². The van der Waals surface area contributed by atoms with E-state index in [2.05, 4.69) is 49.6 Å². The molecule has 10 rings (SSSR count). The van der Waals surface area contributed by atoms with Crippen LogP contribution in [-0.4, -0.2) is 110 Å². The minimum atomic E-state index is -1.07. The molecular weight excluding hydrogens is 891 g/mol. The van der Waals surface area contributed by atoms with Crippen molar-refractivity contribution >= 4 is 57.4 Å². The molecule has 3 N–H and O–H groups in total. The van der Waals surface area contributed by atoms with Gasteiger partial charge in [-0.15, -0.1) is 11.3 Å². The van der Waals surface area contributed by atoms with Gasteiger partial charge in [0, 0.05) is 77.9 Å². The van der Waals surface area contributed by atoms with Crippen molar-refractivity contribution in [2.24, 2.45) is 0 Å². The highest BCUT2D eigenvalue weighted by Gasteiger charge is 2.42. The van der Waals surface area contributed by atoms with E-state index in [1.165, 1.54) is 28.4 Å². The lowest BCUT2D eigenvalue weighted by atomic mass is 9.89. The number of likely N-dealkylation sites (tertiary alicyclic amines) is 1. The van der Waals surface area contributed by atoms with Crippen LogP contribution in [0.5, 0.6) is 0 Å². The summed E-state index contributed by atoms with van der Waals surface area (Å²) < 4.78 is 33.5. The largest absolute Gasteiger partial charge is 0.374 e. The number of amides is 5. The normalized spacial score (nSPS) is 21.4. The number of fused-ring (bicyclic) bond motifs is 2. The van der Waals surface area contributed by atoms with E-state index >= 15 is 8.78 Å². The lowest BCUT2D eigenvalue weighted by molar-refractivity contribution is -0.136. The first-order chi connectivity index (χ1) is 32.9. The quantitative estimate of drug-likeness (QED) is 0.118. The molecule has 68 heavy (non-hydrogen) atoms. The summed E-state index contributed by atoms with van der Waals surface area (Å²) in [4.78, 5) is 82.4. The summed E-state index contributed by atoms with van der Waals surface area (Å²) in [7, 11) is 0. The first kappa shape index (κ1) is 45.3. The monoisotopic (exact) mass is 944 g/mol. The number of piperazine rings is 1. The maximum Gasteiger partial charge on any atom is 0.255 e. The maximum absolute atomic E-state index is 16.1. The van der Waals surface area contributed by atoms with Crippen LogP contribution in [0.2, 0.25) is 0 Å². The summed E-state index contributed by atoms with van der Waals surface area (Å²) in [6.07, 6.45) is 7.78. The molecule has 0 aliphatic carbocycles. The molecule has 0 radical (unpaired) electrons. The summed E-state index contributed by atoms with van der Waals surface area (Å²) in [6, 6.07) is 14.4. The molecule has 3 aromatic carbocycles. The standard InChI is InChI=1S/C50H54F2N10O5S/c1-3-34-25-60(44(64)27-58-18-14-31(15-19-58)36-11-8-33(23-40(36)52)55-41-12-13-43(63)56-47(41)65)29(2)24-61(34)35-9-6-30(7-10-35)32-21-37-38(39(51)22-32)26-62(49(37)67)46(48(66)57-50-53-16-20-68-50)45-42-5-4-17-59(42)28-54-45/h6-11,16,20-23,28-29,31,34,41,46,55H,3-5,12-15,17-19,24-27H2,1-2H3,(H,53,57,66)(H,56,63,65)/t29-,34-,41+,46?/m1/s1. The summed E-state index contributed by atoms with van der Waals surface area (Å²) in [5.74, 6) is -2.35. The number of carbonyl (C=O) groups is 5.